The number of benzene rings is 2. The number of pyridine rings is 1. The fourth-order valence-corrected chi connectivity index (χ4v) is 2.97. The van der Waals surface area contributed by atoms with Gasteiger partial charge in [0.2, 0.25) is 0 Å². The van der Waals surface area contributed by atoms with E-state index in [0.29, 0.717) is 16.6 Å². The van der Waals surface area contributed by atoms with E-state index in [1.807, 2.05) is 30.3 Å². The van der Waals surface area contributed by atoms with Crippen LogP contribution in [0.5, 0.6) is 0 Å². The van der Waals surface area contributed by atoms with E-state index in [0.717, 1.165) is 16.3 Å². The molecule has 2 aromatic carbocycles. The lowest BCUT2D eigenvalue weighted by molar-refractivity contribution is 0.175. The number of hydrogen-bond acceptors (Lipinski definition) is 2. The minimum Gasteiger partial charge on any atom is -0.386 e. The van der Waals surface area contributed by atoms with Gasteiger partial charge in [0.1, 0.15) is 11.9 Å². The van der Waals surface area contributed by atoms with Crippen molar-refractivity contribution in [3.63, 3.8) is 0 Å². The van der Waals surface area contributed by atoms with Crippen LogP contribution in [0.2, 0.25) is 0 Å². The molecule has 21 heavy (non-hydrogen) atoms. The molecule has 0 bridgehead atoms. The molecule has 0 saturated carbocycles. The van der Waals surface area contributed by atoms with Crippen molar-refractivity contribution in [3.05, 3.63) is 76.3 Å². The molecule has 0 aliphatic rings. The van der Waals surface area contributed by atoms with E-state index in [9.17, 15) is 9.50 Å². The quantitative estimate of drug-likeness (QED) is 0.762. The number of halogens is 2. The lowest BCUT2D eigenvalue weighted by Crippen LogP contribution is -2.05. The van der Waals surface area contributed by atoms with Crippen LogP contribution < -0.4 is 0 Å². The van der Waals surface area contributed by atoms with Gasteiger partial charge in [-0.15, -0.1) is 0 Å². The zero-order valence-corrected chi connectivity index (χ0v) is 12.7. The topological polar surface area (TPSA) is 33.1 Å². The van der Waals surface area contributed by atoms with Crippen molar-refractivity contribution in [2.45, 2.75) is 12.5 Å². The highest BCUT2D eigenvalue weighted by Gasteiger charge is 2.14. The Morgan fingerprint density at radius 1 is 1.14 bits per heavy atom. The van der Waals surface area contributed by atoms with Crippen LogP contribution in [0.25, 0.3) is 10.8 Å². The Morgan fingerprint density at radius 3 is 2.76 bits per heavy atom. The summed E-state index contributed by atoms with van der Waals surface area (Å²) in [4.78, 5) is 4.29. The number of fused-ring (bicyclic) bond motifs is 1. The molecule has 1 unspecified atom stereocenters. The van der Waals surface area contributed by atoms with E-state index in [1.165, 1.54) is 12.1 Å². The van der Waals surface area contributed by atoms with Crippen molar-refractivity contribution in [3.8, 4) is 0 Å². The minimum atomic E-state index is -0.773. The Morgan fingerprint density at radius 2 is 1.95 bits per heavy atom. The molecule has 106 valence electrons. The summed E-state index contributed by atoms with van der Waals surface area (Å²) in [5, 5.41) is 12.4. The van der Waals surface area contributed by atoms with Crippen LogP contribution in [0, 0.1) is 5.82 Å². The van der Waals surface area contributed by atoms with Gasteiger partial charge in [-0.3, -0.25) is 4.98 Å². The first kappa shape index (κ1) is 14.2. The van der Waals surface area contributed by atoms with Crippen LogP contribution in [0.4, 0.5) is 4.39 Å². The molecule has 1 heterocycles. The summed E-state index contributed by atoms with van der Waals surface area (Å²) in [6, 6.07) is 14.3. The SMILES string of the molecule is OC(Cc1cc(F)cc(Br)c1)c1nccc2ccccc12. The molecule has 0 radical (unpaired) electrons. The van der Waals surface area contributed by atoms with Gasteiger partial charge in [-0.2, -0.15) is 0 Å². The van der Waals surface area contributed by atoms with E-state index >= 15 is 0 Å². The van der Waals surface area contributed by atoms with Crippen molar-refractivity contribution < 1.29 is 9.50 Å². The first-order valence-electron chi connectivity index (χ1n) is 6.60. The van der Waals surface area contributed by atoms with Gasteiger partial charge in [-0.05, 0) is 35.2 Å². The second-order valence-corrected chi connectivity index (χ2v) is 5.83. The summed E-state index contributed by atoms with van der Waals surface area (Å²) in [5.74, 6) is -0.322. The van der Waals surface area contributed by atoms with Crippen molar-refractivity contribution in [2.75, 3.05) is 0 Å². The molecule has 0 spiro atoms. The highest BCUT2D eigenvalue weighted by Crippen LogP contribution is 2.26. The molecule has 0 aliphatic heterocycles. The molecular formula is C17H13BrFNO. The Hall–Kier alpha value is -1.78. The number of hydrogen-bond donors (Lipinski definition) is 1. The number of rotatable bonds is 3. The monoisotopic (exact) mass is 345 g/mol. The summed E-state index contributed by atoms with van der Waals surface area (Å²) in [6.07, 6.45) is 1.23. The fraction of sp³-hybridized carbons (Fsp3) is 0.118. The standard InChI is InChI=1S/C17H13BrFNO/c18-13-7-11(8-14(19)10-13)9-16(21)17-15-4-2-1-3-12(15)5-6-20-17/h1-8,10,16,21H,9H2. The predicted octanol–water partition coefficient (Wildman–Crippen LogP) is 4.41. The summed E-state index contributed by atoms with van der Waals surface area (Å²) >= 11 is 3.26. The van der Waals surface area contributed by atoms with Gasteiger partial charge in [0.15, 0.2) is 0 Å². The van der Waals surface area contributed by atoms with Gasteiger partial charge >= 0.3 is 0 Å². The van der Waals surface area contributed by atoms with E-state index in [2.05, 4.69) is 20.9 Å². The van der Waals surface area contributed by atoms with Gasteiger partial charge < -0.3 is 5.11 Å². The van der Waals surface area contributed by atoms with Crippen LogP contribution in [0.15, 0.2) is 59.2 Å². The fourth-order valence-electron chi connectivity index (χ4n) is 2.46. The third-order valence-electron chi connectivity index (χ3n) is 3.37. The number of nitrogens with zero attached hydrogens (tertiary/aromatic N) is 1. The lowest BCUT2D eigenvalue weighted by Gasteiger charge is -2.13. The predicted molar refractivity (Wildman–Crippen MR) is 84.5 cm³/mol. The zero-order chi connectivity index (χ0) is 14.8. The maximum Gasteiger partial charge on any atom is 0.124 e. The molecule has 3 aromatic rings. The summed E-state index contributed by atoms with van der Waals surface area (Å²) in [7, 11) is 0. The van der Waals surface area contributed by atoms with Crippen LogP contribution >= 0.6 is 15.9 Å². The third kappa shape index (κ3) is 3.12. The second-order valence-electron chi connectivity index (χ2n) is 4.91. The van der Waals surface area contributed by atoms with Crippen molar-refractivity contribution in [1.82, 2.24) is 4.98 Å². The normalized spacial score (nSPS) is 12.5. The van der Waals surface area contributed by atoms with Gasteiger partial charge in [0, 0.05) is 22.5 Å². The average Bonchev–Trinajstić information content (AvgIpc) is 2.45. The smallest absolute Gasteiger partial charge is 0.124 e. The Balaban J connectivity index is 1.95. The van der Waals surface area contributed by atoms with Gasteiger partial charge in [0.05, 0.1) is 5.69 Å². The van der Waals surface area contributed by atoms with Crippen LogP contribution in [0.3, 0.4) is 0 Å². The molecule has 4 heteroatoms. The molecule has 2 nitrogen and oxygen atoms in total. The summed E-state index contributed by atoms with van der Waals surface area (Å²) in [6.45, 7) is 0. The maximum absolute atomic E-state index is 13.4. The summed E-state index contributed by atoms with van der Waals surface area (Å²) < 4.78 is 14.1. The lowest BCUT2D eigenvalue weighted by atomic mass is 10.0. The largest absolute Gasteiger partial charge is 0.386 e. The van der Waals surface area contributed by atoms with Gasteiger partial charge in [0.25, 0.3) is 0 Å². The van der Waals surface area contributed by atoms with E-state index in [-0.39, 0.29) is 5.82 Å². The van der Waals surface area contributed by atoms with Gasteiger partial charge in [-0.25, -0.2) is 4.39 Å². The van der Waals surface area contributed by atoms with E-state index in [1.54, 1.807) is 12.3 Å². The van der Waals surface area contributed by atoms with Crippen molar-refractivity contribution in [1.29, 1.82) is 0 Å². The van der Waals surface area contributed by atoms with E-state index < -0.39 is 6.10 Å². The molecule has 0 aliphatic carbocycles. The first-order valence-corrected chi connectivity index (χ1v) is 7.39. The minimum absolute atomic E-state index is 0.317. The molecule has 0 fully saturated rings. The molecule has 3 rings (SSSR count). The first-order chi connectivity index (χ1) is 10.1. The van der Waals surface area contributed by atoms with Crippen molar-refractivity contribution in [2.24, 2.45) is 0 Å². The zero-order valence-electron chi connectivity index (χ0n) is 11.1. The van der Waals surface area contributed by atoms with Gasteiger partial charge in [-0.1, -0.05) is 40.2 Å². The Labute approximate surface area is 130 Å². The number of aromatic nitrogens is 1. The summed E-state index contributed by atoms with van der Waals surface area (Å²) in [5.41, 5.74) is 1.34. The van der Waals surface area contributed by atoms with Crippen LogP contribution in [0.1, 0.15) is 17.4 Å². The number of aliphatic hydroxyl groups excluding tert-OH is 1. The maximum atomic E-state index is 13.4. The molecule has 0 saturated heterocycles. The molecular weight excluding hydrogens is 333 g/mol. The molecule has 1 atom stereocenters. The van der Waals surface area contributed by atoms with E-state index in [4.69, 9.17) is 0 Å². The third-order valence-corrected chi connectivity index (χ3v) is 3.83. The molecule has 0 amide bonds. The van der Waals surface area contributed by atoms with Crippen molar-refractivity contribution >= 4 is 26.7 Å². The van der Waals surface area contributed by atoms with Crippen LogP contribution in [-0.2, 0) is 6.42 Å². The van der Waals surface area contributed by atoms with Crippen LogP contribution in [-0.4, -0.2) is 10.1 Å². The average molecular weight is 346 g/mol. The number of aliphatic hydroxyl groups is 1. The Kier molecular flexibility index (Phi) is 3.99. The highest BCUT2D eigenvalue weighted by atomic mass is 79.9. The highest BCUT2D eigenvalue weighted by molar-refractivity contribution is 9.10. The molecule has 1 aromatic heterocycles. The molecule has 1 N–H and O–H groups in total. The second kappa shape index (κ2) is 5.92. The Bertz CT molecular complexity index is 765.